The molecule has 3 aromatic rings. The molecule has 1 heterocycles. The van der Waals surface area contributed by atoms with Crippen LogP contribution in [0.2, 0.25) is 0 Å². The lowest BCUT2D eigenvalue weighted by Crippen LogP contribution is -2.09. The maximum Gasteiger partial charge on any atom is 0.337 e. The number of aromatic carboxylic acids is 1. The normalized spacial score (nSPS) is 12.4. The molecule has 2 aromatic carbocycles. The Hall–Kier alpha value is -2.62. The number of nitrogens with zero attached hydrogens (tertiary/aromatic N) is 2. The summed E-state index contributed by atoms with van der Waals surface area (Å²) in [6.07, 6.45) is 2.56. The number of para-hydroxylation sites is 1. The van der Waals surface area contributed by atoms with Crippen LogP contribution in [0.5, 0.6) is 0 Å². The van der Waals surface area contributed by atoms with Gasteiger partial charge in [-0.05, 0) is 31.0 Å². The zero-order valence-corrected chi connectivity index (χ0v) is 11.7. The van der Waals surface area contributed by atoms with Crippen molar-refractivity contribution in [3.8, 4) is 0 Å². The second-order valence-electron chi connectivity index (χ2n) is 5.17. The minimum atomic E-state index is -0.922. The first-order valence-corrected chi connectivity index (χ1v) is 6.89. The SMILES string of the molecule is CC(Cc1ccccc1)n1cnc2cccc(C(=O)O)c21. The number of fused-ring (bicyclic) bond motifs is 1. The van der Waals surface area contributed by atoms with E-state index in [0.717, 1.165) is 11.9 Å². The molecule has 0 radical (unpaired) electrons. The number of rotatable bonds is 4. The number of carbonyl (C=O) groups is 1. The minimum Gasteiger partial charge on any atom is -0.478 e. The molecule has 0 aliphatic heterocycles. The van der Waals surface area contributed by atoms with Crippen LogP contribution in [0.15, 0.2) is 54.9 Å². The third kappa shape index (κ3) is 2.52. The fraction of sp³-hybridized carbons (Fsp3) is 0.176. The van der Waals surface area contributed by atoms with E-state index < -0.39 is 5.97 Å². The van der Waals surface area contributed by atoms with Gasteiger partial charge in [0.25, 0.3) is 0 Å². The third-order valence-corrected chi connectivity index (χ3v) is 3.67. The first kappa shape index (κ1) is 13.4. The smallest absolute Gasteiger partial charge is 0.337 e. The van der Waals surface area contributed by atoms with Crippen LogP contribution in [0.25, 0.3) is 11.0 Å². The molecule has 106 valence electrons. The fourth-order valence-electron chi connectivity index (χ4n) is 2.65. The van der Waals surface area contributed by atoms with Crippen molar-refractivity contribution in [1.82, 2.24) is 9.55 Å². The molecule has 1 atom stereocenters. The van der Waals surface area contributed by atoms with E-state index in [1.807, 2.05) is 28.8 Å². The highest BCUT2D eigenvalue weighted by atomic mass is 16.4. The van der Waals surface area contributed by atoms with E-state index in [0.29, 0.717) is 11.1 Å². The second-order valence-corrected chi connectivity index (χ2v) is 5.17. The molecule has 0 saturated heterocycles. The van der Waals surface area contributed by atoms with Crippen molar-refractivity contribution in [3.63, 3.8) is 0 Å². The van der Waals surface area contributed by atoms with E-state index in [4.69, 9.17) is 0 Å². The van der Waals surface area contributed by atoms with Crippen LogP contribution in [0.1, 0.15) is 28.9 Å². The van der Waals surface area contributed by atoms with Gasteiger partial charge in [-0.25, -0.2) is 9.78 Å². The van der Waals surface area contributed by atoms with Gasteiger partial charge in [-0.1, -0.05) is 36.4 Å². The van der Waals surface area contributed by atoms with E-state index in [1.54, 1.807) is 18.5 Å². The zero-order valence-electron chi connectivity index (χ0n) is 11.7. The molecule has 0 aliphatic rings. The monoisotopic (exact) mass is 280 g/mol. The summed E-state index contributed by atoms with van der Waals surface area (Å²) in [5, 5.41) is 9.36. The molecule has 4 nitrogen and oxygen atoms in total. The Balaban J connectivity index is 2.02. The standard InChI is InChI=1S/C17H16N2O2/c1-12(10-13-6-3-2-4-7-13)19-11-18-15-9-5-8-14(16(15)19)17(20)21/h2-9,11-12H,10H2,1H3,(H,20,21). The molecule has 1 N–H and O–H groups in total. The van der Waals surface area contributed by atoms with Crippen LogP contribution < -0.4 is 0 Å². The molecule has 1 aromatic heterocycles. The molecule has 0 amide bonds. The van der Waals surface area contributed by atoms with Gasteiger partial charge >= 0.3 is 5.97 Å². The van der Waals surface area contributed by atoms with Crippen molar-refractivity contribution < 1.29 is 9.90 Å². The highest BCUT2D eigenvalue weighted by molar-refractivity contribution is 6.01. The molecule has 0 aliphatic carbocycles. The first-order valence-electron chi connectivity index (χ1n) is 6.89. The summed E-state index contributed by atoms with van der Waals surface area (Å²) in [6, 6.07) is 15.5. The van der Waals surface area contributed by atoms with Crippen molar-refractivity contribution in [3.05, 3.63) is 66.0 Å². The van der Waals surface area contributed by atoms with Gasteiger partial charge in [0, 0.05) is 6.04 Å². The second kappa shape index (κ2) is 5.40. The summed E-state index contributed by atoms with van der Waals surface area (Å²) in [6.45, 7) is 2.08. The quantitative estimate of drug-likeness (QED) is 0.795. The fourth-order valence-corrected chi connectivity index (χ4v) is 2.65. The summed E-state index contributed by atoms with van der Waals surface area (Å²) < 4.78 is 1.95. The summed E-state index contributed by atoms with van der Waals surface area (Å²) in [5.41, 5.74) is 2.92. The molecule has 3 rings (SSSR count). The molecule has 4 heteroatoms. The van der Waals surface area contributed by atoms with Crippen molar-refractivity contribution in [2.24, 2.45) is 0 Å². The Morgan fingerprint density at radius 2 is 1.95 bits per heavy atom. The van der Waals surface area contributed by atoms with Gasteiger partial charge in [0.15, 0.2) is 0 Å². The molecule has 21 heavy (non-hydrogen) atoms. The largest absolute Gasteiger partial charge is 0.478 e. The molecule has 1 unspecified atom stereocenters. The zero-order chi connectivity index (χ0) is 14.8. The van der Waals surface area contributed by atoms with Gasteiger partial charge in [-0.15, -0.1) is 0 Å². The highest BCUT2D eigenvalue weighted by Gasteiger charge is 2.16. The average Bonchev–Trinajstić information content (AvgIpc) is 2.92. The van der Waals surface area contributed by atoms with Crippen LogP contribution in [-0.4, -0.2) is 20.6 Å². The van der Waals surface area contributed by atoms with Crippen LogP contribution in [-0.2, 0) is 6.42 Å². The van der Waals surface area contributed by atoms with Gasteiger partial charge in [0.1, 0.15) is 0 Å². The number of carboxylic acid groups (broad SMARTS) is 1. The maximum absolute atomic E-state index is 11.4. The first-order chi connectivity index (χ1) is 10.2. The average molecular weight is 280 g/mol. The molecular formula is C17H16N2O2. The number of carboxylic acids is 1. The van der Waals surface area contributed by atoms with Gasteiger partial charge < -0.3 is 9.67 Å². The van der Waals surface area contributed by atoms with E-state index in [2.05, 4.69) is 24.0 Å². The lowest BCUT2D eigenvalue weighted by atomic mass is 10.1. The molecule has 0 fully saturated rings. The van der Waals surface area contributed by atoms with Crippen LogP contribution in [0, 0.1) is 0 Å². The molecule has 0 bridgehead atoms. The summed E-state index contributed by atoms with van der Waals surface area (Å²) in [4.78, 5) is 15.7. The van der Waals surface area contributed by atoms with Gasteiger partial charge in [-0.2, -0.15) is 0 Å². The Morgan fingerprint density at radius 1 is 1.19 bits per heavy atom. The summed E-state index contributed by atoms with van der Waals surface area (Å²) in [7, 11) is 0. The Bertz CT molecular complexity index is 778. The number of hydrogen-bond acceptors (Lipinski definition) is 2. The van der Waals surface area contributed by atoms with E-state index in [1.165, 1.54) is 5.56 Å². The van der Waals surface area contributed by atoms with E-state index in [-0.39, 0.29) is 6.04 Å². The summed E-state index contributed by atoms with van der Waals surface area (Å²) >= 11 is 0. The highest BCUT2D eigenvalue weighted by Crippen LogP contribution is 2.23. The predicted molar refractivity (Wildman–Crippen MR) is 81.5 cm³/mol. The minimum absolute atomic E-state index is 0.137. The molecule has 0 spiro atoms. The number of hydrogen-bond donors (Lipinski definition) is 1. The maximum atomic E-state index is 11.4. The Kier molecular flexibility index (Phi) is 3.44. The third-order valence-electron chi connectivity index (χ3n) is 3.67. The lowest BCUT2D eigenvalue weighted by Gasteiger charge is -2.15. The van der Waals surface area contributed by atoms with E-state index >= 15 is 0 Å². The van der Waals surface area contributed by atoms with Crippen molar-refractivity contribution in [2.45, 2.75) is 19.4 Å². The molecule has 0 saturated carbocycles. The summed E-state index contributed by atoms with van der Waals surface area (Å²) in [5.74, 6) is -0.922. The number of benzene rings is 2. The predicted octanol–water partition coefficient (Wildman–Crippen LogP) is 3.54. The van der Waals surface area contributed by atoms with Crippen molar-refractivity contribution in [2.75, 3.05) is 0 Å². The van der Waals surface area contributed by atoms with Gasteiger partial charge in [0.2, 0.25) is 0 Å². The topological polar surface area (TPSA) is 55.1 Å². The van der Waals surface area contributed by atoms with Crippen molar-refractivity contribution >= 4 is 17.0 Å². The van der Waals surface area contributed by atoms with Crippen LogP contribution in [0.3, 0.4) is 0 Å². The van der Waals surface area contributed by atoms with E-state index in [9.17, 15) is 9.90 Å². The van der Waals surface area contributed by atoms with Gasteiger partial charge in [-0.3, -0.25) is 0 Å². The Labute approximate surface area is 122 Å². The van der Waals surface area contributed by atoms with Crippen LogP contribution in [0.4, 0.5) is 0 Å². The van der Waals surface area contributed by atoms with Crippen molar-refractivity contribution in [1.29, 1.82) is 0 Å². The lowest BCUT2D eigenvalue weighted by molar-refractivity contribution is 0.0698. The molecular weight excluding hydrogens is 264 g/mol. The van der Waals surface area contributed by atoms with Crippen LogP contribution >= 0.6 is 0 Å². The van der Waals surface area contributed by atoms with Gasteiger partial charge in [0.05, 0.1) is 22.9 Å². The number of aromatic nitrogens is 2. The Morgan fingerprint density at radius 3 is 2.67 bits per heavy atom. The number of imidazole rings is 1.